The second kappa shape index (κ2) is 4.77. The van der Waals surface area contributed by atoms with Crippen LogP contribution in [-0.4, -0.2) is 29.0 Å². The number of ether oxygens (including phenoxy) is 2. The van der Waals surface area contributed by atoms with E-state index in [1.54, 1.807) is 6.20 Å². The number of pyridine rings is 1. The maximum Gasteiger partial charge on any atom is 0.231 e. The lowest BCUT2D eigenvalue weighted by Crippen LogP contribution is -2.39. The molecule has 0 unspecified atom stereocenters. The maximum atomic E-state index is 9.77. The van der Waals surface area contributed by atoms with Gasteiger partial charge >= 0.3 is 0 Å². The Morgan fingerprint density at radius 3 is 2.71 bits per heavy atom. The zero-order chi connectivity index (χ0) is 14.3. The van der Waals surface area contributed by atoms with Crippen molar-refractivity contribution in [2.24, 2.45) is 0 Å². The number of aliphatic hydroxyl groups excluding tert-OH is 1. The van der Waals surface area contributed by atoms with E-state index in [1.165, 1.54) is 0 Å². The Labute approximate surface area is 122 Å². The van der Waals surface area contributed by atoms with Gasteiger partial charge in [0, 0.05) is 11.6 Å². The monoisotopic (exact) mass is 286 g/mol. The molecular weight excluding hydrogens is 268 g/mol. The van der Waals surface area contributed by atoms with Gasteiger partial charge in [-0.15, -0.1) is 0 Å². The normalized spacial score (nSPS) is 19.1. The van der Waals surface area contributed by atoms with Gasteiger partial charge in [-0.25, -0.2) is 4.98 Å². The quantitative estimate of drug-likeness (QED) is 0.908. The Morgan fingerprint density at radius 2 is 1.95 bits per heavy atom. The molecule has 2 N–H and O–H groups in total. The molecule has 0 radical (unpaired) electrons. The average Bonchev–Trinajstić information content (AvgIpc) is 3.14. The Morgan fingerprint density at radius 1 is 1.19 bits per heavy atom. The summed E-state index contributed by atoms with van der Waals surface area (Å²) in [4.78, 5) is 4.47. The lowest BCUT2D eigenvalue weighted by atomic mass is 9.98. The molecule has 1 aliphatic heterocycles. The molecule has 110 valence electrons. The van der Waals surface area contributed by atoms with Crippen molar-refractivity contribution in [2.45, 2.75) is 31.2 Å². The molecule has 0 atom stereocenters. The highest BCUT2D eigenvalue weighted by Gasteiger charge is 2.33. The van der Waals surface area contributed by atoms with E-state index < -0.39 is 0 Å². The van der Waals surface area contributed by atoms with Gasteiger partial charge in [-0.05, 0) is 36.4 Å². The van der Waals surface area contributed by atoms with Crippen LogP contribution in [0.1, 0.15) is 25.7 Å². The highest BCUT2D eigenvalue weighted by atomic mass is 16.7. The summed E-state index contributed by atoms with van der Waals surface area (Å²) in [6, 6.07) is 5.90. The topological polar surface area (TPSA) is 63.6 Å². The number of anilines is 1. The lowest BCUT2D eigenvalue weighted by molar-refractivity contribution is 0.174. The summed E-state index contributed by atoms with van der Waals surface area (Å²) >= 11 is 0. The number of fused-ring (bicyclic) bond motifs is 2. The fourth-order valence-corrected chi connectivity index (χ4v) is 3.29. The van der Waals surface area contributed by atoms with E-state index in [0.29, 0.717) is 0 Å². The van der Waals surface area contributed by atoms with Gasteiger partial charge in [-0.3, -0.25) is 0 Å². The predicted molar refractivity (Wildman–Crippen MR) is 79.8 cm³/mol. The van der Waals surface area contributed by atoms with Gasteiger partial charge in [-0.2, -0.15) is 0 Å². The first-order valence-electron chi connectivity index (χ1n) is 7.37. The van der Waals surface area contributed by atoms with Gasteiger partial charge in [0.2, 0.25) is 6.79 Å². The van der Waals surface area contributed by atoms with Gasteiger partial charge < -0.3 is 19.9 Å². The second-order valence-corrected chi connectivity index (χ2v) is 5.86. The summed E-state index contributed by atoms with van der Waals surface area (Å²) < 4.78 is 10.9. The first kappa shape index (κ1) is 12.7. The Kier molecular flexibility index (Phi) is 2.89. The summed E-state index contributed by atoms with van der Waals surface area (Å²) in [6.07, 6.45) is 6.03. The Bertz CT molecular complexity index is 681. The van der Waals surface area contributed by atoms with Crippen LogP contribution in [0.3, 0.4) is 0 Å². The van der Waals surface area contributed by atoms with Crippen molar-refractivity contribution >= 4 is 16.6 Å². The maximum absolute atomic E-state index is 9.77. The minimum absolute atomic E-state index is 0.135. The van der Waals surface area contributed by atoms with E-state index in [2.05, 4.69) is 10.3 Å². The standard InChI is InChI=1S/C16H18N2O3/c19-9-16(4-1-2-5-16)18-15-12-8-14-13(20-10-21-14)7-11(12)3-6-17-15/h3,6-8,19H,1-2,4-5,9-10H2,(H,17,18). The third-order valence-corrected chi connectivity index (χ3v) is 4.50. The zero-order valence-electron chi connectivity index (χ0n) is 11.8. The summed E-state index contributed by atoms with van der Waals surface area (Å²) in [7, 11) is 0. The SMILES string of the molecule is OCC1(Nc2nccc3cc4c(cc23)OCO4)CCCC1. The van der Waals surface area contributed by atoms with Gasteiger partial charge in [0.15, 0.2) is 11.5 Å². The number of hydrogen-bond acceptors (Lipinski definition) is 5. The molecule has 1 fully saturated rings. The van der Waals surface area contributed by atoms with E-state index in [1.807, 2.05) is 18.2 Å². The number of hydrogen-bond donors (Lipinski definition) is 2. The molecule has 2 heterocycles. The first-order chi connectivity index (χ1) is 10.3. The van der Waals surface area contributed by atoms with Crippen LogP contribution < -0.4 is 14.8 Å². The van der Waals surface area contributed by atoms with Crippen molar-refractivity contribution in [3.63, 3.8) is 0 Å². The molecule has 2 aromatic rings. The largest absolute Gasteiger partial charge is 0.454 e. The summed E-state index contributed by atoms with van der Waals surface area (Å²) in [6.45, 7) is 0.401. The van der Waals surface area contributed by atoms with E-state index in [-0.39, 0.29) is 18.9 Å². The number of nitrogens with one attached hydrogen (secondary N) is 1. The van der Waals surface area contributed by atoms with Crippen LogP contribution in [0.25, 0.3) is 10.8 Å². The molecule has 0 amide bonds. The van der Waals surface area contributed by atoms with Crippen LogP contribution in [0.4, 0.5) is 5.82 Å². The van der Waals surface area contributed by atoms with Crippen LogP contribution in [0.15, 0.2) is 24.4 Å². The fraction of sp³-hybridized carbons (Fsp3) is 0.438. The minimum atomic E-state index is -0.238. The van der Waals surface area contributed by atoms with Gasteiger partial charge in [0.1, 0.15) is 5.82 Å². The van der Waals surface area contributed by atoms with Crippen LogP contribution >= 0.6 is 0 Å². The van der Waals surface area contributed by atoms with E-state index in [0.717, 1.165) is 53.8 Å². The average molecular weight is 286 g/mol. The molecule has 2 aliphatic rings. The number of aliphatic hydroxyl groups is 1. The predicted octanol–water partition coefficient (Wildman–Crippen LogP) is 2.68. The van der Waals surface area contributed by atoms with Crippen molar-refractivity contribution in [1.29, 1.82) is 0 Å². The van der Waals surface area contributed by atoms with Gasteiger partial charge in [0.25, 0.3) is 0 Å². The minimum Gasteiger partial charge on any atom is -0.454 e. The molecule has 1 aliphatic carbocycles. The molecule has 0 spiro atoms. The molecule has 21 heavy (non-hydrogen) atoms. The molecular formula is C16H18N2O3. The van der Waals surface area contributed by atoms with Crippen molar-refractivity contribution in [3.05, 3.63) is 24.4 Å². The smallest absolute Gasteiger partial charge is 0.231 e. The summed E-state index contributed by atoms with van der Waals surface area (Å²) in [5.41, 5.74) is -0.238. The number of nitrogens with zero attached hydrogens (tertiary/aromatic N) is 1. The van der Waals surface area contributed by atoms with Crippen LogP contribution in [0.5, 0.6) is 11.5 Å². The van der Waals surface area contributed by atoms with Gasteiger partial charge in [0.05, 0.1) is 12.1 Å². The first-order valence-corrected chi connectivity index (χ1v) is 7.37. The zero-order valence-corrected chi connectivity index (χ0v) is 11.8. The van der Waals surface area contributed by atoms with Crippen LogP contribution in [-0.2, 0) is 0 Å². The van der Waals surface area contributed by atoms with E-state index in [9.17, 15) is 5.11 Å². The molecule has 4 rings (SSSR count). The molecule has 5 heteroatoms. The molecule has 1 aromatic heterocycles. The fourth-order valence-electron chi connectivity index (χ4n) is 3.29. The second-order valence-electron chi connectivity index (χ2n) is 5.86. The van der Waals surface area contributed by atoms with Crippen LogP contribution in [0.2, 0.25) is 0 Å². The van der Waals surface area contributed by atoms with Crippen molar-refractivity contribution in [2.75, 3.05) is 18.7 Å². The molecule has 1 saturated carbocycles. The van der Waals surface area contributed by atoms with E-state index >= 15 is 0 Å². The summed E-state index contributed by atoms with van der Waals surface area (Å²) in [5.74, 6) is 2.34. The van der Waals surface area contributed by atoms with Crippen molar-refractivity contribution < 1.29 is 14.6 Å². The Hall–Kier alpha value is -2.01. The van der Waals surface area contributed by atoms with Crippen LogP contribution in [0, 0.1) is 0 Å². The van der Waals surface area contributed by atoms with Crippen molar-refractivity contribution in [1.82, 2.24) is 4.98 Å². The number of benzene rings is 1. The molecule has 0 bridgehead atoms. The van der Waals surface area contributed by atoms with Crippen molar-refractivity contribution in [3.8, 4) is 11.5 Å². The highest BCUT2D eigenvalue weighted by Crippen LogP contribution is 2.39. The molecule has 1 aromatic carbocycles. The number of rotatable bonds is 3. The molecule has 5 nitrogen and oxygen atoms in total. The summed E-state index contributed by atoms with van der Waals surface area (Å²) in [5, 5.41) is 15.3. The lowest BCUT2D eigenvalue weighted by Gasteiger charge is -2.29. The molecule has 0 saturated heterocycles. The van der Waals surface area contributed by atoms with Gasteiger partial charge in [-0.1, -0.05) is 12.8 Å². The van der Waals surface area contributed by atoms with E-state index in [4.69, 9.17) is 9.47 Å². The highest BCUT2D eigenvalue weighted by molar-refractivity contribution is 5.94. The third-order valence-electron chi connectivity index (χ3n) is 4.50. The number of aromatic nitrogens is 1. The third kappa shape index (κ3) is 2.08. The Balaban J connectivity index is 1.78.